The van der Waals surface area contributed by atoms with E-state index in [4.69, 9.17) is 25.1 Å². The minimum absolute atomic E-state index is 0.149. The van der Waals surface area contributed by atoms with Gasteiger partial charge < -0.3 is 30.0 Å². The van der Waals surface area contributed by atoms with Crippen molar-refractivity contribution in [3.8, 4) is 28.8 Å². The third-order valence-corrected chi connectivity index (χ3v) is 5.68. The molecule has 1 atom stereocenters. The average molecular weight is 490 g/mol. The third-order valence-electron chi connectivity index (χ3n) is 5.68. The molecule has 2 heterocycles. The number of ether oxygens (including phenoxy) is 3. The highest BCUT2D eigenvalue weighted by Crippen LogP contribution is 2.35. The molecule has 1 aliphatic rings. The number of benzene rings is 2. The van der Waals surface area contributed by atoms with Crippen molar-refractivity contribution in [3.63, 3.8) is 0 Å². The lowest BCUT2D eigenvalue weighted by molar-refractivity contribution is -0.144. The average Bonchev–Trinajstić information content (AvgIpc) is 2.89. The van der Waals surface area contributed by atoms with Gasteiger partial charge in [-0.3, -0.25) is 0 Å². The Labute approximate surface area is 208 Å². The molecule has 0 bridgehead atoms. The predicted molar refractivity (Wildman–Crippen MR) is 132 cm³/mol. The number of carboxylic acids is 1. The van der Waals surface area contributed by atoms with Gasteiger partial charge in [-0.25, -0.2) is 9.78 Å². The lowest BCUT2D eigenvalue weighted by Gasteiger charge is -2.28. The van der Waals surface area contributed by atoms with Crippen LogP contribution in [0.2, 0.25) is 0 Å². The van der Waals surface area contributed by atoms with E-state index in [9.17, 15) is 10.1 Å². The molecular formula is C26H27N5O5. The lowest BCUT2D eigenvalue weighted by Crippen LogP contribution is -2.36. The van der Waals surface area contributed by atoms with Crippen molar-refractivity contribution in [1.29, 1.82) is 5.26 Å². The van der Waals surface area contributed by atoms with E-state index < -0.39 is 18.7 Å². The molecule has 0 spiro atoms. The van der Waals surface area contributed by atoms with Gasteiger partial charge >= 0.3 is 5.97 Å². The Morgan fingerprint density at radius 1 is 1.19 bits per heavy atom. The Hall–Kier alpha value is -4.04. The van der Waals surface area contributed by atoms with E-state index in [2.05, 4.69) is 20.9 Å². The fraction of sp³-hybridized carbons (Fsp3) is 0.308. The summed E-state index contributed by atoms with van der Waals surface area (Å²) in [6.45, 7) is 4.27. The topological polar surface area (TPSA) is 144 Å². The second-order valence-electron chi connectivity index (χ2n) is 8.19. The van der Waals surface area contributed by atoms with E-state index in [1.165, 1.54) is 0 Å². The second-order valence-corrected chi connectivity index (χ2v) is 8.19. The van der Waals surface area contributed by atoms with Crippen LogP contribution in [-0.4, -0.2) is 60.5 Å². The number of aryl methyl sites for hydroxylation is 1. The molecule has 1 aliphatic heterocycles. The van der Waals surface area contributed by atoms with Crippen LogP contribution in [0.1, 0.15) is 23.1 Å². The first kappa shape index (κ1) is 25.1. The highest BCUT2D eigenvalue weighted by molar-refractivity contribution is 5.72. The number of aromatic nitrogens is 2. The molecule has 3 aromatic rings. The van der Waals surface area contributed by atoms with Gasteiger partial charge in [0.15, 0.2) is 0 Å². The molecule has 1 aromatic heterocycles. The molecule has 1 unspecified atom stereocenters. The number of nitriles is 1. The summed E-state index contributed by atoms with van der Waals surface area (Å²) in [5.41, 5.74) is 8.59. The summed E-state index contributed by atoms with van der Waals surface area (Å²) in [5, 5.41) is 18.3. The van der Waals surface area contributed by atoms with Crippen molar-refractivity contribution in [2.45, 2.75) is 13.0 Å². The van der Waals surface area contributed by atoms with Crippen LogP contribution in [0.15, 0.2) is 48.5 Å². The van der Waals surface area contributed by atoms with Crippen LogP contribution in [0.4, 0.5) is 5.82 Å². The number of hydrogen-bond donors (Lipinski definition) is 2. The first-order valence-corrected chi connectivity index (χ1v) is 11.5. The summed E-state index contributed by atoms with van der Waals surface area (Å²) >= 11 is 0. The number of carboxylic acid groups (broad SMARTS) is 1. The first-order valence-electron chi connectivity index (χ1n) is 11.5. The number of morpholine rings is 1. The van der Waals surface area contributed by atoms with Crippen LogP contribution in [0.25, 0.3) is 11.1 Å². The minimum atomic E-state index is -1.05. The van der Waals surface area contributed by atoms with Crippen LogP contribution in [0, 0.1) is 18.3 Å². The summed E-state index contributed by atoms with van der Waals surface area (Å²) in [6, 6.07) is 16.6. The largest absolute Gasteiger partial charge is 0.480 e. The van der Waals surface area contributed by atoms with Gasteiger partial charge in [-0.1, -0.05) is 24.3 Å². The van der Waals surface area contributed by atoms with Crippen LogP contribution in [0.3, 0.4) is 0 Å². The van der Waals surface area contributed by atoms with Crippen molar-refractivity contribution >= 4 is 11.8 Å². The number of hydrogen-bond acceptors (Lipinski definition) is 9. The normalized spacial score (nSPS) is 14.2. The first-order chi connectivity index (χ1) is 17.5. The maximum Gasteiger partial charge on any atom is 0.329 e. The van der Waals surface area contributed by atoms with Gasteiger partial charge in [0.1, 0.15) is 24.0 Å². The molecule has 0 saturated carbocycles. The molecule has 3 N–H and O–H groups in total. The van der Waals surface area contributed by atoms with Gasteiger partial charge in [-0.15, -0.1) is 0 Å². The van der Waals surface area contributed by atoms with Gasteiger partial charge in [-0.2, -0.15) is 10.2 Å². The highest BCUT2D eigenvalue weighted by Gasteiger charge is 2.17. The number of anilines is 1. The number of rotatable bonds is 9. The summed E-state index contributed by atoms with van der Waals surface area (Å²) in [5.74, 6) is 1.14. The molecule has 10 heteroatoms. The Balaban J connectivity index is 1.62. The molecule has 1 fully saturated rings. The third kappa shape index (κ3) is 6.14. The van der Waals surface area contributed by atoms with Crippen molar-refractivity contribution < 1.29 is 24.1 Å². The maximum atomic E-state index is 10.8. The minimum Gasteiger partial charge on any atom is -0.480 e. The fourth-order valence-electron chi connectivity index (χ4n) is 3.91. The van der Waals surface area contributed by atoms with E-state index in [1.807, 2.05) is 37.3 Å². The van der Waals surface area contributed by atoms with E-state index >= 15 is 0 Å². The maximum absolute atomic E-state index is 10.8. The van der Waals surface area contributed by atoms with Crippen LogP contribution < -0.4 is 15.4 Å². The molecule has 10 nitrogen and oxygen atoms in total. The zero-order valence-corrected chi connectivity index (χ0v) is 19.9. The number of carbonyl (C=O) groups is 1. The standard InChI is InChI=1S/C26H27N5O5/c1-17-29-24(31-8-10-34-11-9-31)13-25(30-17)36-22-12-18(14-27)2-7-21(22)19-3-5-20(6-4-19)23(15-28)35-16-26(32)33/h2-7,12-13,23H,8-11,15-16,28H2,1H3,(H,32,33). The van der Waals surface area contributed by atoms with Crippen molar-refractivity contribution in [3.05, 3.63) is 65.5 Å². The van der Waals surface area contributed by atoms with Crippen molar-refractivity contribution in [1.82, 2.24) is 9.97 Å². The highest BCUT2D eigenvalue weighted by atomic mass is 16.5. The molecular weight excluding hydrogens is 462 g/mol. The molecule has 1 saturated heterocycles. The van der Waals surface area contributed by atoms with E-state index in [0.717, 1.165) is 35.6 Å². The Morgan fingerprint density at radius 2 is 1.94 bits per heavy atom. The van der Waals surface area contributed by atoms with Gasteiger partial charge in [0.2, 0.25) is 5.88 Å². The summed E-state index contributed by atoms with van der Waals surface area (Å²) in [7, 11) is 0. The number of aliphatic carboxylic acids is 1. The zero-order valence-electron chi connectivity index (χ0n) is 19.9. The second kappa shape index (κ2) is 11.6. The molecule has 0 amide bonds. The van der Waals surface area contributed by atoms with Gasteiger partial charge in [0, 0.05) is 31.3 Å². The molecule has 0 aliphatic carbocycles. The van der Waals surface area contributed by atoms with E-state index in [1.54, 1.807) is 18.2 Å². The SMILES string of the molecule is Cc1nc(Oc2cc(C#N)ccc2-c2ccc(C(CN)OCC(=O)O)cc2)cc(N2CCOCC2)n1. The van der Waals surface area contributed by atoms with Gasteiger partial charge in [-0.05, 0) is 36.2 Å². The summed E-state index contributed by atoms with van der Waals surface area (Å²) in [6.07, 6.45) is -0.533. The van der Waals surface area contributed by atoms with Crippen LogP contribution in [-0.2, 0) is 14.3 Å². The van der Waals surface area contributed by atoms with E-state index in [-0.39, 0.29) is 6.54 Å². The van der Waals surface area contributed by atoms with Crippen molar-refractivity contribution in [2.75, 3.05) is 44.4 Å². The van der Waals surface area contributed by atoms with Crippen molar-refractivity contribution in [2.24, 2.45) is 5.73 Å². The Kier molecular flexibility index (Phi) is 8.07. The smallest absolute Gasteiger partial charge is 0.329 e. The fourth-order valence-corrected chi connectivity index (χ4v) is 3.91. The van der Waals surface area contributed by atoms with Gasteiger partial charge in [0.05, 0.1) is 31.0 Å². The van der Waals surface area contributed by atoms with E-state index in [0.29, 0.717) is 36.2 Å². The molecule has 4 rings (SSSR count). The Morgan fingerprint density at radius 3 is 2.61 bits per heavy atom. The number of nitrogens with two attached hydrogens (primary N) is 1. The molecule has 2 aromatic carbocycles. The summed E-state index contributed by atoms with van der Waals surface area (Å²) in [4.78, 5) is 22.0. The molecule has 186 valence electrons. The lowest BCUT2D eigenvalue weighted by atomic mass is 10.00. The number of nitrogens with zero attached hydrogens (tertiary/aromatic N) is 4. The van der Waals surface area contributed by atoms with Gasteiger partial charge in [0.25, 0.3) is 0 Å². The molecule has 36 heavy (non-hydrogen) atoms. The van der Waals surface area contributed by atoms with Crippen LogP contribution >= 0.6 is 0 Å². The van der Waals surface area contributed by atoms with Crippen LogP contribution in [0.5, 0.6) is 11.6 Å². The zero-order chi connectivity index (χ0) is 25.5. The quantitative estimate of drug-likeness (QED) is 0.460. The molecule has 0 radical (unpaired) electrons. The summed E-state index contributed by atoms with van der Waals surface area (Å²) < 4.78 is 17.0. The Bertz CT molecular complexity index is 1250. The monoisotopic (exact) mass is 489 g/mol. The predicted octanol–water partition coefficient (Wildman–Crippen LogP) is 3.05.